The molecule has 0 unspecified atom stereocenters. The zero-order valence-corrected chi connectivity index (χ0v) is 10.8. The van der Waals surface area contributed by atoms with Crippen LogP contribution >= 0.6 is 0 Å². The van der Waals surface area contributed by atoms with Gasteiger partial charge in [-0.3, -0.25) is 4.68 Å². The number of hydrogen-bond donors (Lipinski definition) is 0. The summed E-state index contributed by atoms with van der Waals surface area (Å²) >= 11 is 0. The van der Waals surface area contributed by atoms with Crippen LogP contribution < -0.4 is 0 Å². The Bertz CT molecular complexity index is 728. The van der Waals surface area contributed by atoms with Crippen LogP contribution in [-0.2, 0) is 7.05 Å². The lowest BCUT2D eigenvalue weighted by atomic mass is 10.1. The van der Waals surface area contributed by atoms with Crippen molar-refractivity contribution in [2.45, 2.75) is 0 Å². The number of nitrogens with zero attached hydrogens (tertiary/aromatic N) is 2. The summed E-state index contributed by atoms with van der Waals surface area (Å²) < 4.78 is 27.6. The van der Waals surface area contributed by atoms with Gasteiger partial charge < -0.3 is 0 Å². The molecule has 4 heteroatoms. The number of aromatic nitrogens is 2. The SMILES string of the molecule is Cn1nc(-c2ccc(F)cc2)cc1-c1ccc(F)cc1. The fourth-order valence-corrected chi connectivity index (χ4v) is 2.12. The van der Waals surface area contributed by atoms with Crippen molar-refractivity contribution < 1.29 is 8.78 Å². The van der Waals surface area contributed by atoms with E-state index in [4.69, 9.17) is 0 Å². The second kappa shape index (κ2) is 4.89. The molecular weight excluding hydrogens is 258 g/mol. The van der Waals surface area contributed by atoms with E-state index in [1.54, 1.807) is 28.9 Å². The number of rotatable bonds is 2. The molecule has 1 heterocycles. The van der Waals surface area contributed by atoms with E-state index in [1.807, 2.05) is 13.1 Å². The maximum atomic E-state index is 13.0. The van der Waals surface area contributed by atoms with Gasteiger partial charge >= 0.3 is 0 Å². The predicted octanol–water partition coefficient (Wildman–Crippen LogP) is 4.03. The van der Waals surface area contributed by atoms with Crippen LogP contribution in [0.15, 0.2) is 54.6 Å². The number of halogens is 2. The van der Waals surface area contributed by atoms with Gasteiger partial charge in [0.2, 0.25) is 0 Å². The van der Waals surface area contributed by atoms with Gasteiger partial charge in [0.05, 0.1) is 11.4 Å². The molecule has 2 nitrogen and oxygen atoms in total. The molecule has 100 valence electrons. The first-order chi connectivity index (χ1) is 9.63. The van der Waals surface area contributed by atoms with Crippen LogP contribution in [-0.4, -0.2) is 9.78 Å². The summed E-state index contributed by atoms with van der Waals surface area (Å²) in [7, 11) is 1.83. The van der Waals surface area contributed by atoms with Crippen LogP contribution in [0, 0.1) is 11.6 Å². The summed E-state index contributed by atoms with van der Waals surface area (Å²) in [5.74, 6) is -0.543. The van der Waals surface area contributed by atoms with Crippen molar-refractivity contribution in [1.29, 1.82) is 0 Å². The first kappa shape index (κ1) is 12.5. The van der Waals surface area contributed by atoms with E-state index in [0.717, 1.165) is 22.5 Å². The summed E-state index contributed by atoms with van der Waals surface area (Å²) in [5.41, 5.74) is 3.36. The Labute approximate surface area is 115 Å². The van der Waals surface area contributed by atoms with Crippen LogP contribution in [0.1, 0.15) is 0 Å². The molecule has 0 saturated carbocycles. The molecule has 0 aliphatic rings. The Morgan fingerprint density at radius 3 is 1.85 bits per heavy atom. The van der Waals surface area contributed by atoms with Gasteiger partial charge in [0, 0.05) is 12.6 Å². The van der Waals surface area contributed by atoms with Crippen LogP contribution in [0.4, 0.5) is 8.78 Å². The van der Waals surface area contributed by atoms with E-state index in [-0.39, 0.29) is 11.6 Å². The first-order valence-electron chi connectivity index (χ1n) is 6.19. The predicted molar refractivity (Wildman–Crippen MR) is 74.0 cm³/mol. The Morgan fingerprint density at radius 1 is 0.800 bits per heavy atom. The molecule has 3 rings (SSSR count). The van der Waals surface area contributed by atoms with Crippen molar-refractivity contribution in [2.75, 3.05) is 0 Å². The van der Waals surface area contributed by atoms with Gasteiger partial charge in [0.25, 0.3) is 0 Å². The summed E-state index contributed by atoms with van der Waals surface area (Å²) in [6.07, 6.45) is 0. The summed E-state index contributed by atoms with van der Waals surface area (Å²) in [4.78, 5) is 0. The van der Waals surface area contributed by atoms with Crippen LogP contribution in [0.3, 0.4) is 0 Å². The maximum absolute atomic E-state index is 13.0. The highest BCUT2D eigenvalue weighted by Gasteiger charge is 2.09. The lowest BCUT2D eigenvalue weighted by molar-refractivity contribution is 0.627. The minimum absolute atomic E-state index is 0.269. The van der Waals surface area contributed by atoms with Crippen molar-refractivity contribution >= 4 is 0 Å². The van der Waals surface area contributed by atoms with E-state index >= 15 is 0 Å². The zero-order valence-electron chi connectivity index (χ0n) is 10.8. The van der Waals surface area contributed by atoms with Crippen molar-refractivity contribution in [3.63, 3.8) is 0 Å². The Balaban J connectivity index is 2.02. The topological polar surface area (TPSA) is 17.8 Å². The van der Waals surface area contributed by atoms with Gasteiger partial charge in [-0.15, -0.1) is 0 Å². The lowest BCUT2D eigenvalue weighted by Crippen LogP contribution is -1.93. The summed E-state index contributed by atoms with van der Waals surface area (Å²) in [5, 5.41) is 4.41. The molecule has 3 aromatic rings. The Kier molecular flexibility index (Phi) is 3.06. The minimum atomic E-state index is -0.275. The zero-order chi connectivity index (χ0) is 14.1. The average molecular weight is 270 g/mol. The molecule has 0 radical (unpaired) electrons. The summed E-state index contributed by atoms with van der Waals surface area (Å²) in [6.45, 7) is 0. The van der Waals surface area contributed by atoms with Crippen LogP contribution in [0.25, 0.3) is 22.5 Å². The molecule has 20 heavy (non-hydrogen) atoms. The molecule has 0 aliphatic carbocycles. The maximum Gasteiger partial charge on any atom is 0.123 e. The fourth-order valence-electron chi connectivity index (χ4n) is 2.12. The Hall–Kier alpha value is -2.49. The lowest BCUT2D eigenvalue weighted by Gasteiger charge is -2.00. The highest BCUT2D eigenvalue weighted by atomic mass is 19.1. The quantitative estimate of drug-likeness (QED) is 0.687. The fraction of sp³-hybridized carbons (Fsp3) is 0.0625. The molecule has 0 bridgehead atoms. The van der Waals surface area contributed by atoms with Crippen LogP contribution in [0.2, 0.25) is 0 Å². The molecule has 0 spiro atoms. The van der Waals surface area contributed by atoms with E-state index in [1.165, 1.54) is 24.3 Å². The minimum Gasteiger partial charge on any atom is -0.267 e. The van der Waals surface area contributed by atoms with Gasteiger partial charge in [-0.05, 0) is 60.2 Å². The van der Waals surface area contributed by atoms with Crippen molar-refractivity contribution in [2.24, 2.45) is 7.05 Å². The van der Waals surface area contributed by atoms with Gasteiger partial charge in [-0.1, -0.05) is 0 Å². The third-order valence-corrected chi connectivity index (χ3v) is 3.16. The van der Waals surface area contributed by atoms with E-state index in [9.17, 15) is 8.78 Å². The smallest absolute Gasteiger partial charge is 0.123 e. The molecule has 0 atom stereocenters. The van der Waals surface area contributed by atoms with E-state index < -0.39 is 0 Å². The highest BCUT2D eigenvalue weighted by molar-refractivity contribution is 5.68. The number of benzene rings is 2. The highest BCUT2D eigenvalue weighted by Crippen LogP contribution is 2.25. The second-order valence-corrected chi connectivity index (χ2v) is 4.55. The standard InChI is InChI=1S/C16H12F2N2/c1-20-16(12-4-8-14(18)9-5-12)10-15(19-20)11-2-6-13(17)7-3-11/h2-10H,1H3. The van der Waals surface area contributed by atoms with E-state index in [0.29, 0.717) is 0 Å². The molecule has 0 amide bonds. The molecule has 0 saturated heterocycles. The van der Waals surface area contributed by atoms with Crippen molar-refractivity contribution in [3.05, 3.63) is 66.2 Å². The van der Waals surface area contributed by atoms with Crippen molar-refractivity contribution in [3.8, 4) is 22.5 Å². The normalized spacial score (nSPS) is 10.8. The largest absolute Gasteiger partial charge is 0.267 e. The molecule has 1 aromatic heterocycles. The third-order valence-electron chi connectivity index (χ3n) is 3.16. The summed E-state index contributed by atoms with van der Waals surface area (Å²) in [6, 6.07) is 14.3. The number of aryl methyl sites for hydroxylation is 1. The molecule has 0 fully saturated rings. The Morgan fingerprint density at radius 2 is 1.30 bits per heavy atom. The van der Waals surface area contributed by atoms with E-state index in [2.05, 4.69) is 5.10 Å². The molecule has 0 aliphatic heterocycles. The van der Waals surface area contributed by atoms with Gasteiger partial charge in [-0.2, -0.15) is 5.10 Å². The van der Waals surface area contributed by atoms with Gasteiger partial charge in [0.1, 0.15) is 11.6 Å². The van der Waals surface area contributed by atoms with Gasteiger partial charge in [-0.25, -0.2) is 8.78 Å². The third kappa shape index (κ3) is 2.32. The number of hydrogen-bond acceptors (Lipinski definition) is 1. The van der Waals surface area contributed by atoms with Crippen LogP contribution in [0.5, 0.6) is 0 Å². The monoisotopic (exact) mass is 270 g/mol. The second-order valence-electron chi connectivity index (χ2n) is 4.55. The molecule has 2 aromatic carbocycles. The average Bonchev–Trinajstić information content (AvgIpc) is 2.82. The molecule has 0 N–H and O–H groups in total. The van der Waals surface area contributed by atoms with Gasteiger partial charge in [0.15, 0.2) is 0 Å². The van der Waals surface area contributed by atoms with Crippen molar-refractivity contribution in [1.82, 2.24) is 9.78 Å². The molecular formula is C16H12F2N2. The first-order valence-corrected chi connectivity index (χ1v) is 6.19.